The van der Waals surface area contributed by atoms with E-state index in [0.717, 1.165) is 0 Å². The number of hydrogen-bond donors (Lipinski definition) is 2. The summed E-state index contributed by atoms with van der Waals surface area (Å²) < 4.78 is 0. The van der Waals surface area contributed by atoms with Gasteiger partial charge in [-0.1, -0.05) is 0 Å². The number of nitrogens with one attached hydrogen (secondary N) is 2. The Kier molecular flexibility index (Phi) is 1.15. The Bertz CT molecular complexity index is 182. The number of aromatic nitrogens is 2. The van der Waals surface area contributed by atoms with E-state index in [2.05, 4.69) is 15.5 Å². The average molecular weight is 108 g/mol. The van der Waals surface area contributed by atoms with Gasteiger partial charge in [-0.15, -0.1) is 0 Å². The number of aromatic amines is 1. The maximum atomic E-state index is 8.02. The Labute approximate surface area is 46.1 Å². The lowest BCUT2D eigenvalue weighted by molar-refractivity contribution is 1.09. The van der Waals surface area contributed by atoms with Crippen LogP contribution in [0.1, 0.15) is 0 Å². The maximum Gasteiger partial charge on any atom is 0.182 e. The summed E-state index contributed by atoms with van der Waals surface area (Å²) in [6.45, 7) is 0. The molecule has 0 amide bonds. The Morgan fingerprint density at radius 3 is 3.25 bits per heavy atom. The standard InChI is InChI=1S/C4H4N4/c5-3-6-4-1-2-7-8-4/h1-2H,(H2,6,7,8). The summed E-state index contributed by atoms with van der Waals surface area (Å²) >= 11 is 0. The molecule has 4 nitrogen and oxygen atoms in total. The third-order valence-corrected chi connectivity index (χ3v) is 0.685. The fourth-order valence-corrected chi connectivity index (χ4v) is 0.387. The van der Waals surface area contributed by atoms with Gasteiger partial charge < -0.3 is 0 Å². The lowest BCUT2D eigenvalue weighted by Crippen LogP contribution is -1.85. The summed E-state index contributed by atoms with van der Waals surface area (Å²) in [7, 11) is 0. The maximum absolute atomic E-state index is 8.02. The van der Waals surface area contributed by atoms with E-state index in [4.69, 9.17) is 5.26 Å². The van der Waals surface area contributed by atoms with E-state index in [1.54, 1.807) is 18.5 Å². The van der Waals surface area contributed by atoms with Gasteiger partial charge >= 0.3 is 0 Å². The first kappa shape index (κ1) is 4.65. The smallest absolute Gasteiger partial charge is 0.182 e. The van der Waals surface area contributed by atoms with Crippen LogP contribution in [0.3, 0.4) is 0 Å². The van der Waals surface area contributed by atoms with Crippen molar-refractivity contribution in [2.45, 2.75) is 0 Å². The molecule has 1 aromatic heterocycles. The van der Waals surface area contributed by atoms with Gasteiger partial charge in [0.15, 0.2) is 12.0 Å². The summed E-state index contributed by atoms with van der Waals surface area (Å²) in [6, 6.07) is 1.67. The third kappa shape index (κ3) is 0.763. The van der Waals surface area contributed by atoms with Crippen LogP contribution in [0.2, 0.25) is 0 Å². The zero-order valence-electron chi connectivity index (χ0n) is 4.05. The molecule has 0 atom stereocenters. The first-order valence-corrected chi connectivity index (χ1v) is 2.08. The molecule has 0 saturated carbocycles. The van der Waals surface area contributed by atoms with Gasteiger partial charge in [0.05, 0.1) is 0 Å². The highest BCUT2D eigenvalue weighted by Crippen LogP contribution is 1.94. The van der Waals surface area contributed by atoms with Gasteiger partial charge in [0.2, 0.25) is 0 Å². The van der Waals surface area contributed by atoms with Gasteiger partial charge in [-0.2, -0.15) is 10.4 Å². The number of rotatable bonds is 1. The molecule has 0 aromatic carbocycles. The molecule has 4 heteroatoms. The number of anilines is 1. The predicted molar refractivity (Wildman–Crippen MR) is 27.8 cm³/mol. The van der Waals surface area contributed by atoms with Crippen LogP contribution in [0.4, 0.5) is 5.82 Å². The second kappa shape index (κ2) is 1.98. The molecule has 0 unspecified atom stereocenters. The van der Waals surface area contributed by atoms with Crippen LogP contribution in [0.25, 0.3) is 0 Å². The highest BCUT2D eigenvalue weighted by atomic mass is 15.2. The minimum absolute atomic E-state index is 0.549. The zero-order chi connectivity index (χ0) is 5.82. The summed E-state index contributed by atoms with van der Waals surface area (Å²) in [5.41, 5.74) is 0. The minimum atomic E-state index is 0.549. The van der Waals surface area contributed by atoms with Crippen LogP contribution in [0.15, 0.2) is 12.3 Å². The minimum Gasteiger partial charge on any atom is -0.284 e. The van der Waals surface area contributed by atoms with Gasteiger partial charge in [-0.3, -0.25) is 10.4 Å². The summed E-state index contributed by atoms with van der Waals surface area (Å²) in [6.07, 6.45) is 3.38. The Morgan fingerprint density at radius 1 is 1.88 bits per heavy atom. The van der Waals surface area contributed by atoms with Crippen molar-refractivity contribution in [2.24, 2.45) is 0 Å². The molecule has 0 aliphatic rings. The van der Waals surface area contributed by atoms with E-state index in [1.807, 2.05) is 0 Å². The molecule has 0 aliphatic heterocycles. The number of nitriles is 1. The van der Waals surface area contributed by atoms with Gasteiger partial charge in [0, 0.05) is 12.3 Å². The molecule has 2 N–H and O–H groups in total. The molecule has 0 spiro atoms. The highest BCUT2D eigenvalue weighted by molar-refractivity contribution is 5.35. The van der Waals surface area contributed by atoms with E-state index < -0.39 is 0 Å². The van der Waals surface area contributed by atoms with Crippen LogP contribution >= 0.6 is 0 Å². The normalized spacial score (nSPS) is 7.88. The van der Waals surface area contributed by atoms with Crippen molar-refractivity contribution in [3.05, 3.63) is 12.3 Å². The van der Waals surface area contributed by atoms with Crippen LogP contribution < -0.4 is 5.32 Å². The van der Waals surface area contributed by atoms with Crippen molar-refractivity contribution in [1.82, 2.24) is 10.2 Å². The summed E-state index contributed by atoms with van der Waals surface area (Å²) in [5.74, 6) is 0.549. The van der Waals surface area contributed by atoms with E-state index in [0.29, 0.717) is 5.82 Å². The Balaban J connectivity index is 2.67. The van der Waals surface area contributed by atoms with E-state index in [1.165, 1.54) is 0 Å². The average Bonchev–Trinajstić information content (AvgIpc) is 2.19. The molecular weight excluding hydrogens is 104 g/mol. The molecular formula is C4H4N4. The number of hydrogen-bond acceptors (Lipinski definition) is 3. The van der Waals surface area contributed by atoms with Crippen molar-refractivity contribution in [3.8, 4) is 6.19 Å². The molecule has 0 bridgehead atoms. The molecule has 8 heavy (non-hydrogen) atoms. The highest BCUT2D eigenvalue weighted by Gasteiger charge is 1.85. The second-order valence-corrected chi connectivity index (χ2v) is 1.20. The second-order valence-electron chi connectivity index (χ2n) is 1.20. The van der Waals surface area contributed by atoms with Crippen molar-refractivity contribution < 1.29 is 0 Å². The molecule has 1 aromatic rings. The predicted octanol–water partition coefficient (Wildman–Crippen LogP) is 0.303. The molecule has 0 saturated heterocycles. The fraction of sp³-hybridized carbons (Fsp3) is 0. The van der Waals surface area contributed by atoms with E-state index >= 15 is 0 Å². The summed E-state index contributed by atoms with van der Waals surface area (Å²) in [5, 5.41) is 16.6. The van der Waals surface area contributed by atoms with Crippen molar-refractivity contribution in [3.63, 3.8) is 0 Å². The van der Waals surface area contributed by atoms with E-state index in [-0.39, 0.29) is 0 Å². The largest absolute Gasteiger partial charge is 0.284 e. The molecule has 1 heterocycles. The van der Waals surface area contributed by atoms with Crippen LogP contribution in [-0.4, -0.2) is 10.2 Å². The van der Waals surface area contributed by atoms with Gasteiger partial charge in [-0.05, 0) is 0 Å². The van der Waals surface area contributed by atoms with Gasteiger partial charge in [-0.25, -0.2) is 0 Å². The molecule has 40 valence electrons. The molecule has 0 fully saturated rings. The molecule has 1 rings (SSSR count). The van der Waals surface area contributed by atoms with Gasteiger partial charge in [0.1, 0.15) is 0 Å². The Morgan fingerprint density at radius 2 is 2.75 bits per heavy atom. The molecule has 0 radical (unpaired) electrons. The van der Waals surface area contributed by atoms with Crippen LogP contribution in [0, 0.1) is 11.5 Å². The van der Waals surface area contributed by atoms with Crippen molar-refractivity contribution >= 4 is 5.82 Å². The SMILES string of the molecule is N#CNc1cc[nH]n1. The number of H-pyrrole nitrogens is 1. The zero-order valence-corrected chi connectivity index (χ0v) is 4.05. The third-order valence-electron chi connectivity index (χ3n) is 0.685. The van der Waals surface area contributed by atoms with Crippen molar-refractivity contribution in [2.75, 3.05) is 5.32 Å². The quantitative estimate of drug-likeness (QED) is 0.401. The molecule has 0 aliphatic carbocycles. The Hall–Kier alpha value is -1.50. The first-order chi connectivity index (χ1) is 3.93. The van der Waals surface area contributed by atoms with Crippen LogP contribution in [0.5, 0.6) is 0 Å². The lowest BCUT2D eigenvalue weighted by atomic mass is 10.6. The lowest BCUT2D eigenvalue weighted by Gasteiger charge is -1.80. The van der Waals surface area contributed by atoms with Crippen LogP contribution in [-0.2, 0) is 0 Å². The van der Waals surface area contributed by atoms with E-state index in [9.17, 15) is 0 Å². The monoisotopic (exact) mass is 108 g/mol. The number of nitrogens with zero attached hydrogens (tertiary/aromatic N) is 2. The fourth-order valence-electron chi connectivity index (χ4n) is 0.387. The van der Waals surface area contributed by atoms with Crippen molar-refractivity contribution in [1.29, 1.82) is 5.26 Å². The topological polar surface area (TPSA) is 64.5 Å². The first-order valence-electron chi connectivity index (χ1n) is 2.08. The van der Waals surface area contributed by atoms with Gasteiger partial charge in [0.25, 0.3) is 0 Å². The summed E-state index contributed by atoms with van der Waals surface area (Å²) in [4.78, 5) is 0.